The lowest BCUT2D eigenvalue weighted by Crippen LogP contribution is -2.49. The van der Waals surface area contributed by atoms with Gasteiger partial charge < -0.3 is 19.5 Å². The van der Waals surface area contributed by atoms with Crippen LogP contribution >= 0.6 is 0 Å². The molecule has 0 radical (unpaired) electrons. The fraction of sp³-hybridized carbons (Fsp3) is 0.455. The summed E-state index contributed by atoms with van der Waals surface area (Å²) in [5.41, 5.74) is 2.29. The summed E-state index contributed by atoms with van der Waals surface area (Å²) in [4.78, 5) is 4.71. The van der Waals surface area contributed by atoms with Crippen LogP contribution in [0, 0.1) is 0 Å². The van der Waals surface area contributed by atoms with Crippen LogP contribution in [0.1, 0.15) is 17.2 Å². The van der Waals surface area contributed by atoms with Gasteiger partial charge in [0.2, 0.25) is 0 Å². The average Bonchev–Trinajstić information content (AvgIpc) is 2.70. The van der Waals surface area contributed by atoms with Crippen LogP contribution in [0.15, 0.2) is 54.6 Å². The highest BCUT2D eigenvalue weighted by molar-refractivity contribution is 5.32. The number of aliphatic hydroxyl groups excluding tert-OH is 1. The number of benzene rings is 2. The predicted molar refractivity (Wildman–Crippen MR) is 107 cm³/mol. The van der Waals surface area contributed by atoms with Crippen molar-refractivity contribution in [3.8, 4) is 5.75 Å². The fourth-order valence-electron chi connectivity index (χ4n) is 3.62. The second-order valence-electron chi connectivity index (χ2n) is 7.16. The Morgan fingerprint density at radius 1 is 1.07 bits per heavy atom. The summed E-state index contributed by atoms with van der Waals surface area (Å²) in [6.07, 6.45) is -0.519. The SMILES string of the molecule is COc1ccccc1COC[C@@H](O)CN1CCN(C)C[C@H]1c1ccccc1. The number of para-hydroxylation sites is 1. The third-order valence-corrected chi connectivity index (χ3v) is 5.08. The topological polar surface area (TPSA) is 45.2 Å². The fourth-order valence-corrected chi connectivity index (χ4v) is 3.62. The van der Waals surface area contributed by atoms with Crippen molar-refractivity contribution in [2.75, 3.05) is 46.9 Å². The van der Waals surface area contributed by atoms with E-state index in [4.69, 9.17) is 9.47 Å². The summed E-state index contributed by atoms with van der Waals surface area (Å²) in [6, 6.07) is 18.6. The summed E-state index contributed by atoms with van der Waals surface area (Å²) >= 11 is 0. The van der Waals surface area contributed by atoms with Crippen molar-refractivity contribution in [1.82, 2.24) is 9.80 Å². The number of hydrogen-bond donors (Lipinski definition) is 1. The largest absolute Gasteiger partial charge is 0.496 e. The molecule has 3 rings (SSSR count). The van der Waals surface area contributed by atoms with E-state index in [0.29, 0.717) is 25.8 Å². The van der Waals surface area contributed by atoms with Crippen LogP contribution in [0.4, 0.5) is 0 Å². The van der Waals surface area contributed by atoms with Gasteiger partial charge in [0.1, 0.15) is 5.75 Å². The molecule has 0 spiro atoms. The van der Waals surface area contributed by atoms with E-state index in [1.54, 1.807) is 7.11 Å². The minimum Gasteiger partial charge on any atom is -0.496 e. The lowest BCUT2D eigenvalue weighted by atomic mass is 10.0. The maximum Gasteiger partial charge on any atom is 0.124 e. The normalized spacial score (nSPS) is 19.7. The van der Waals surface area contributed by atoms with E-state index in [0.717, 1.165) is 30.9 Å². The molecule has 0 aliphatic carbocycles. The van der Waals surface area contributed by atoms with E-state index in [9.17, 15) is 5.11 Å². The van der Waals surface area contributed by atoms with Gasteiger partial charge in [0.05, 0.1) is 26.4 Å². The average molecular weight is 370 g/mol. The third kappa shape index (κ3) is 5.53. The first kappa shape index (κ1) is 19.8. The van der Waals surface area contributed by atoms with Gasteiger partial charge in [-0.25, -0.2) is 0 Å². The van der Waals surface area contributed by atoms with Gasteiger partial charge in [-0.05, 0) is 18.7 Å². The first-order valence-corrected chi connectivity index (χ1v) is 9.52. The highest BCUT2D eigenvalue weighted by Gasteiger charge is 2.28. The Bertz CT molecular complexity index is 695. The minimum absolute atomic E-state index is 0.300. The Hall–Kier alpha value is -1.92. The molecule has 0 bridgehead atoms. The Labute approximate surface area is 162 Å². The molecule has 0 unspecified atom stereocenters. The third-order valence-electron chi connectivity index (χ3n) is 5.08. The summed E-state index contributed by atoms with van der Waals surface area (Å²) < 4.78 is 11.1. The molecule has 0 saturated carbocycles. The van der Waals surface area contributed by atoms with Crippen LogP contribution in [0.3, 0.4) is 0 Å². The number of methoxy groups -OCH3 is 1. The second-order valence-corrected chi connectivity index (χ2v) is 7.16. The Morgan fingerprint density at radius 2 is 1.81 bits per heavy atom. The number of β-amino-alcohol motifs (C(OH)–C–C–N with tert-alkyl or cyclic N) is 1. The lowest BCUT2D eigenvalue weighted by molar-refractivity contribution is -0.0119. The van der Waals surface area contributed by atoms with E-state index in [1.807, 2.05) is 30.3 Å². The minimum atomic E-state index is -0.519. The molecule has 0 amide bonds. The molecule has 1 aliphatic rings. The monoisotopic (exact) mass is 370 g/mol. The number of likely N-dealkylation sites (N-methyl/N-ethyl adjacent to an activating group) is 1. The van der Waals surface area contributed by atoms with Crippen LogP contribution in [-0.2, 0) is 11.3 Å². The zero-order chi connectivity index (χ0) is 19.1. The molecule has 1 aliphatic heterocycles. The molecule has 146 valence electrons. The van der Waals surface area contributed by atoms with Gasteiger partial charge in [0.25, 0.3) is 0 Å². The molecule has 2 aromatic rings. The Morgan fingerprint density at radius 3 is 2.59 bits per heavy atom. The van der Waals surface area contributed by atoms with E-state index in [1.165, 1.54) is 5.56 Å². The van der Waals surface area contributed by atoms with Gasteiger partial charge in [0.15, 0.2) is 0 Å². The number of hydrogen-bond acceptors (Lipinski definition) is 5. The number of nitrogens with zero attached hydrogens (tertiary/aromatic N) is 2. The van der Waals surface area contributed by atoms with E-state index >= 15 is 0 Å². The van der Waals surface area contributed by atoms with Gasteiger partial charge >= 0.3 is 0 Å². The first-order chi connectivity index (χ1) is 13.2. The van der Waals surface area contributed by atoms with Crippen molar-refractivity contribution in [2.45, 2.75) is 18.8 Å². The van der Waals surface area contributed by atoms with Crippen molar-refractivity contribution >= 4 is 0 Å². The number of piperazine rings is 1. The van der Waals surface area contributed by atoms with Crippen LogP contribution in [0.5, 0.6) is 5.75 Å². The van der Waals surface area contributed by atoms with E-state index in [-0.39, 0.29) is 0 Å². The molecule has 0 aromatic heterocycles. The van der Waals surface area contributed by atoms with Crippen molar-refractivity contribution in [1.29, 1.82) is 0 Å². The zero-order valence-corrected chi connectivity index (χ0v) is 16.3. The molecular weight excluding hydrogens is 340 g/mol. The lowest BCUT2D eigenvalue weighted by Gasteiger charge is -2.41. The molecule has 2 aromatic carbocycles. The zero-order valence-electron chi connectivity index (χ0n) is 16.3. The first-order valence-electron chi connectivity index (χ1n) is 9.52. The molecule has 1 heterocycles. The van der Waals surface area contributed by atoms with Crippen molar-refractivity contribution < 1.29 is 14.6 Å². The highest BCUT2D eigenvalue weighted by Crippen LogP contribution is 2.25. The second kappa shape index (κ2) is 9.85. The predicted octanol–water partition coefficient (Wildman–Crippen LogP) is 2.56. The molecule has 2 atom stereocenters. The quantitative estimate of drug-likeness (QED) is 0.774. The molecule has 5 heteroatoms. The van der Waals surface area contributed by atoms with Gasteiger partial charge in [0, 0.05) is 37.8 Å². The van der Waals surface area contributed by atoms with Crippen molar-refractivity contribution in [3.05, 3.63) is 65.7 Å². The molecular formula is C22H30N2O3. The molecule has 1 N–H and O–H groups in total. The van der Waals surface area contributed by atoms with Gasteiger partial charge in [-0.1, -0.05) is 48.5 Å². The van der Waals surface area contributed by atoms with E-state index in [2.05, 4.69) is 41.1 Å². The molecule has 1 fully saturated rings. The van der Waals surface area contributed by atoms with Gasteiger partial charge in [-0.15, -0.1) is 0 Å². The highest BCUT2D eigenvalue weighted by atomic mass is 16.5. The van der Waals surface area contributed by atoms with E-state index < -0.39 is 6.10 Å². The van der Waals surface area contributed by atoms with Gasteiger partial charge in [-0.3, -0.25) is 4.90 Å². The number of ether oxygens (including phenoxy) is 2. The Balaban J connectivity index is 1.53. The van der Waals surface area contributed by atoms with Gasteiger partial charge in [-0.2, -0.15) is 0 Å². The summed E-state index contributed by atoms with van der Waals surface area (Å²) in [7, 11) is 3.81. The number of rotatable bonds is 8. The van der Waals surface area contributed by atoms with Crippen LogP contribution in [0.25, 0.3) is 0 Å². The number of aliphatic hydroxyl groups is 1. The molecule has 5 nitrogen and oxygen atoms in total. The summed E-state index contributed by atoms with van der Waals surface area (Å²) in [6.45, 7) is 4.29. The smallest absolute Gasteiger partial charge is 0.124 e. The summed E-state index contributed by atoms with van der Waals surface area (Å²) in [5, 5.41) is 10.5. The van der Waals surface area contributed by atoms with Crippen LogP contribution < -0.4 is 4.74 Å². The van der Waals surface area contributed by atoms with Crippen LogP contribution in [-0.4, -0.2) is 68.0 Å². The maximum absolute atomic E-state index is 10.5. The standard InChI is InChI=1S/C22H30N2O3/c1-23-12-13-24(21(15-23)18-8-4-3-5-9-18)14-20(25)17-27-16-19-10-6-7-11-22(19)26-2/h3-11,20-21,25H,12-17H2,1-2H3/t20-,21-/m0/s1. The summed E-state index contributed by atoms with van der Waals surface area (Å²) in [5.74, 6) is 0.815. The van der Waals surface area contributed by atoms with Crippen molar-refractivity contribution in [2.24, 2.45) is 0 Å². The van der Waals surface area contributed by atoms with Crippen LogP contribution in [0.2, 0.25) is 0 Å². The maximum atomic E-state index is 10.5. The molecule has 27 heavy (non-hydrogen) atoms. The Kier molecular flexibility index (Phi) is 7.24. The molecule has 1 saturated heterocycles. The van der Waals surface area contributed by atoms with Crippen molar-refractivity contribution in [3.63, 3.8) is 0 Å².